The molecule has 0 aliphatic rings. The zero-order valence-electron chi connectivity index (χ0n) is 19.5. The molecule has 0 atom stereocenters. The number of benzene rings is 3. The van der Waals surface area contributed by atoms with E-state index < -0.39 is 11.7 Å². The Hall–Kier alpha value is -4.33. The van der Waals surface area contributed by atoms with Crippen LogP contribution < -0.4 is 0 Å². The fourth-order valence-corrected chi connectivity index (χ4v) is 4.39. The maximum absolute atomic E-state index is 13.6. The van der Waals surface area contributed by atoms with Gasteiger partial charge in [-0.1, -0.05) is 48.5 Å². The minimum atomic E-state index is -4.48. The lowest BCUT2D eigenvalue weighted by Gasteiger charge is -2.18. The smallest absolute Gasteiger partial charge is 0.361 e. The molecule has 0 aliphatic carbocycles. The zero-order valence-corrected chi connectivity index (χ0v) is 19.5. The summed E-state index contributed by atoms with van der Waals surface area (Å²) in [6.07, 6.45) is 1.12. The number of nitrogens with one attached hydrogen (secondary N) is 1. The summed E-state index contributed by atoms with van der Waals surface area (Å²) in [4.78, 5) is 22.3. The van der Waals surface area contributed by atoms with Crippen LogP contribution in [0.5, 0.6) is 0 Å². The number of para-hydroxylation sites is 1. The number of alkyl halides is 3. The number of imidazole rings is 1. The Labute approximate surface area is 205 Å². The fraction of sp³-hybridized carbons (Fsp3) is 0.143. The second-order valence-corrected chi connectivity index (χ2v) is 8.58. The molecule has 1 amide bonds. The van der Waals surface area contributed by atoms with Crippen LogP contribution in [0.15, 0.2) is 91.5 Å². The van der Waals surface area contributed by atoms with Gasteiger partial charge in [0.25, 0.3) is 5.91 Å². The molecule has 5 rings (SSSR count). The maximum atomic E-state index is 13.6. The van der Waals surface area contributed by atoms with Gasteiger partial charge >= 0.3 is 6.18 Å². The van der Waals surface area contributed by atoms with Crippen LogP contribution in [-0.4, -0.2) is 38.9 Å². The number of aromatic amines is 1. The topological polar surface area (TPSA) is 53.9 Å². The molecular weight excluding hydrogens is 465 g/mol. The Morgan fingerprint density at radius 2 is 1.81 bits per heavy atom. The van der Waals surface area contributed by atoms with Gasteiger partial charge in [0, 0.05) is 36.4 Å². The zero-order chi connectivity index (χ0) is 25.3. The van der Waals surface area contributed by atoms with E-state index in [1.807, 2.05) is 30.5 Å². The summed E-state index contributed by atoms with van der Waals surface area (Å²) in [7, 11) is 1.73. The molecule has 0 saturated heterocycles. The first-order chi connectivity index (χ1) is 17.3. The highest BCUT2D eigenvalue weighted by Crippen LogP contribution is 2.37. The first kappa shape index (κ1) is 23.4. The molecule has 0 fully saturated rings. The number of carbonyl (C=O) groups excluding carboxylic acids is 1. The molecule has 0 bridgehead atoms. The highest BCUT2D eigenvalue weighted by molar-refractivity contribution is 5.93. The molecule has 0 unspecified atom stereocenters. The monoisotopic (exact) mass is 488 g/mol. The number of hydrogen-bond donors (Lipinski definition) is 1. The Bertz CT molecular complexity index is 1530. The van der Waals surface area contributed by atoms with Crippen LogP contribution in [0, 0.1) is 0 Å². The lowest BCUT2D eigenvalue weighted by atomic mass is 9.99. The van der Waals surface area contributed by atoms with Gasteiger partial charge in [0.2, 0.25) is 0 Å². The Kier molecular flexibility index (Phi) is 6.10. The number of hydrogen-bond acceptors (Lipinski definition) is 2. The third-order valence-electron chi connectivity index (χ3n) is 6.26. The van der Waals surface area contributed by atoms with Gasteiger partial charge in [-0.15, -0.1) is 0 Å². The molecule has 0 spiro atoms. The molecule has 5 nitrogen and oxygen atoms in total. The molecule has 182 valence electrons. The molecule has 5 aromatic rings. The van der Waals surface area contributed by atoms with E-state index in [4.69, 9.17) is 0 Å². The number of rotatable bonds is 6. The third-order valence-corrected chi connectivity index (χ3v) is 6.26. The van der Waals surface area contributed by atoms with E-state index in [-0.39, 0.29) is 11.5 Å². The molecule has 2 aromatic heterocycles. The van der Waals surface area contributed by atoms with Crippen LogP contribution in [0.4, 0.5) is 13.2 Å². The molecule has 8 heteroatoms. The van der Waals surface area contributed by atoms with Crippen molar-refractivity contribution in [2.45, 2.75) is 12.6 Å². The molecular formula is C28H23F3N4O. The predicted molar refractivity (Wildman–Crippen MR) is 133 cm³/mol. The van der Waals surface area contributed by atoms with Crippen LogP contribution in [0.3, 0.4) is 0 Å². The highest BCUT2D eigenvalue weighted by atomic mass is 19.4. The molecule has 0 aliphatic heterocycles. The number of likely N-dealkylation sites (N-methyl/N-ethyl adjacent to an activating group) is 1. The summed E-state index contributed by atoms with van der Waals surface area (Å²) in [5.74, 6) is -0.228. The quantitative estimate of drug-likeness (QED) is 0.303. The number of amides is 1. The Balaban J connectivity index is 1.39. The molecule has 0 radical (unpaired) electrons. The van der Waals surface area contributed by atoms with Gasteiger partial charge in [-0.3, -0.25) is 9.36 Å². The number of aromatic nitrogens is 3. The van der Waals surface area contributed by atoms with E-state index in [9.17, 15) is 18.0 Å². The maximum Gasteiger partial charge on any atom is 0.417 e. The molecule has 0 saturated carbocycles. The average Bonchev–Trinajstić information content (AvgIpc) is 3.54. The second kappa shape index (κ2) is 9.37. The standard InChI is InChI=1S/C28H23F3N4O/c1-34(14-13-20-16-33-25-12-5-3-10-23(20)25)27(36)26-17-32-18-35(26)21-8-6-7-19(15-21)22-9-2-4-11-24(22)28(29,30)31/h2-12,15-18,33H,13-14H2,1H3. The van der Waals surface area contributed by atoms with Crippen LogP contribution >= 0.6 is 0 Å². The molecule has 1 N–H and O–H groups in total. The number of carbonyl (C=O) groups is 1. The average molecular weight is 489 g/mol. The summed E-state index contributed by atoms with van der Waals surface area (Å²) in [5.41, 5.74) is 2.83. The van der Waals surface area contributed by atoms with E-state index >= 15 is 0 Å². The fourth-order valence-electron chi connectivity index (χ4n) is 4.39. The van der Waals surface area contributed by atoms with Gasteiger partial charge in [-0.05, 0) is 47.4 Å². The predicted octanol–water partition coefficient (Wildman–Crippen LogP) is 6.35. The van der Waals surface area contributed by atoms with Gasteiger partial charge in [0.15, 0.2) is 0 Å². The molecule has 36 heavy (non-hydrogen) atoms. The van der Waals surface area contributed by atoms with Crippen molar-refractivity contribution in [1.29, 1.82) is 0 Å². The number of H-pyrrole nitrogens is 1. The van der Waals surface area contributed by atoms with Gasteiger partial charge in [0.1, 0.15) is 5.69 Å². The van der Waals surface area contributed by atoms with Crippen molar-refractivity contribution in [2.75, 3.05) is 13.6 Å². The van der Waals surface area contributed by atoms with Crippen molar-refractivity contribution < 1.29 is 18.0 Å². The summed E-state index contributed by atoms with van der Waals surface area (Å²) in [6.45, 7) is 0.491. The van der Waals surface area contributed by atoms with E-state index in [0.717, 1.165) is 22.5 Å². The summed E-state index contributed by atoms with van der Waals surface area (Å²) >= 11 is 0. The van der Waals surface area contributed by atoms with Crippen LogP contribution in [0.25, 0.3) is 27.7 Å². The Morgan fingerprint density at radius 3 is 2.64 bits per heavy atom. The van der Waals surface area contributed by atoms with Crippen molar-refractivity contribution in [3.63, 3.8) is 0 Å². The normalized spacial score (nSPS) is 11.7. The minimum absolute atomic E-state index is 0.0793. The molecule has 3 aromatic carbocycles. The number of nitrogens with zero attached hydrogens (tertiary/aromatic N) is 3. The summed E-state index contributed by atoms with van der Waals surface area (Å²) in [5, 5.41) is 1.12. The van der Waals surface area contributed by atoms with Crippen LogP contribution in [0.2, 0.25) is 0 Å². The van der Waals surface area contributed by atoms with E-state index in [2.05, 4.69) is 9.97 Å². The van der Waals surface area contributed by atoms with Crippen molar-refractivity contribution >= 4 is 16.8 Å². The second-order valence-electron chi connectivity index (χ2n) is 8.58. The minimum Gasteiger partial charge on any atom is -0.361 e. The van der Waals surface area contributed by atoms with Gasteiger partial charge < -0.3 is 9.88 Å². The lowest BCUT2D eigenvalue weighted by molar-refractivity contribution is -0.137. The first-order valence-electron chi connectivity index (χ1n) is 11.4. The third kappa shape index (κ3) is 4.49. The Morgan fingerprint density at radius 1 is 1.03 bits per heavy atom. The van der Waals surface area contributed by atoms with Gasteiger partial charge in [-0.2, -0.15) is 13.2 Å². The van der Waals surface area contributed by atoms with Crippen molar-refractivity contribution in [1.82, 2.24) is 19.4 Å². The van der Waals surface area contributed by atoms with Crippen molar-refractivity contribution in [3.05, 3.63) is 108 Å². The van der Waals surface area contributed by atoms with Crippen molar-refractivity contribution in [3.8, 4) is 16.8 Å². The first-order valence-corrected chi connectivity index (χ1v) is 11.4. The largest absolute Gasteiger partial charge is 0.417 e. The van der Waals surface area contributed by atoms with Gasteiger partial charge in [-0.25, -0.2) is 4.98 Å². The van der Waals surface area contributed by atoms with E-state index in [1.54, 1.807) is 46.8 Å². The van der Waals surface area contributed by atoms with Crippen LogP contribution in [-0.2, 0) is 12.6 Å². The summed E-state index contributed by atoms with van der Waals surface area (Å²) < 4.78 is 42.3. The van der Waals surface area contributed by atoms with E-state index in [0.29, 0.717) is 29.9 Å². The number of halogens is 3. The van der Waals surface area contributed by atoms with Crippen molar-refractivity contribution in [2.24, 2.45) is 0 Å². The van der Waals surface area contributed by atoms with Crippen LogP contribution in [0.1, 0.15) is 21.6 Å². The summed E-state index contributed by atoms with van der Waals surface area (Å²) in [6, 6.07) is 20.1. The van der Waals surface area contributed by atoms with Gasteiger partial charge in [0.05, 0.1) is 18.1 Å². The SMILES string of the molecule is CN(CCc1c[nH]c2ccccc12)C(=O)c1cncn1-c1cccc(-c2ccccc2C(F)(F)F)c1. The van der Waals surface area contributed by atoms with E-state index in [1.165, 1.54) is 24.7 Å². The number of fused-ring (bicyclic) bond motifs is 1. The highest BCUT2D eigenvalue weighted by Gasteiger charge is 2.33. The molecule has 2 heterocycles. The lowest BCUT2D eigenvalue weighted by Crippen LogP contribution is -2.30.